The Hall–Kier alpha value is -0.660. The highest BCUT2D eigenvalue weighted by molar-refractivity contribution is 7.87. The molecule has 2 N–H and O–H groups in total. The van der Waals surface area contributed by atoms with Crippen LogP contribution in [0.4, 0.5) is 0 Å². The zero-order valence-electron chi connectivity index (χ0n) is 11.3. The highest BCUT2D eigenvalue weighted by Gasteiger charge is 2.22. The fraction of sp³-hybridized carbons (Fsp3) is 0.917. The van der Waals surface area contributed by atoms with Crippen molar-refractivity contribution in [1.82, 2.24) is 9.03 Å². The van der Waals surface area contributed by atoms with Crippen molar-refractivity contribution in [1.29, 1.82) is 0 Å². The van der Waals surface area contributed by atoms with Crippen LogP contribution >= 0.6 is 0 Å². The quantitative estimate of drug-likeness (QED) is 0.628. The Morgan fingerprint density at radius 1 is 1.05 bits per heavy atom. The molecular weight excluding hydrogens is 268 g/mol. The highest BCUT2D eigenvalue weighted by atomic mass is 32.2. The molecule has 0 amide bonds. The lowest BCUT2D eigenvalue weighted by Crippen LogP contribution is -2.43. The number of carboxylic acid groups (broad SMARTS) is 1. The largest absolute Gasteiger partial charge is 0.481 e. The van der Waals surface area contributed by atoms with Gasteiger partial charge in [-0.1, -0.05) is 19.3 Å². The molecule has 0 saturated carbocycles. The number of carbonyl (C=O) groups is 1. The van der Waals surface area contributed by atoms with Gasteiger partial charge in [-0.3, -0.25) is 4.79 Å². The molecule has 1 saturated heterocycles. The van der Waals surface area contributed by atoms with Gasteiger partial charge >= 0.3 is 5.97 Å². The molecule has 0 aromatic rings. The predicted octanol–water partition coefficient (Wildman–Crippen LogP) is 1.34. The van der Waals surface area contributed by atoms with E-state index in [1.807, 2.05) is 0 Å². The summed E-state index contributed by atoms with van der Waals surface area (Å²) in [5, 5.41) is 8.47. The number of rotatable bonds is 9. The van der Waals surface area contributed by atoms with Gasteiger partial charge in [0.2, 0.25) is 0 Å². The molecule has 0 aromatic heterocycles. The lowest BCUT2D eigenvalue weighted by atomic mass is 10.1. The van der Waals surface area contributed by atoms with E-state index in [2.05, 4.69) is 4.72 Å². The molecule has 0 unspecified atom stereocenters. The van der Waals surface area contributed by atoms with Crippen LogP contribution < -0.4 is 4.72 Å². The van der Waals surface area contributed by atoms with E-state index in [1.54, 1.807) is 0 Å². The first kappa shape index (κ1) is 16.4. The molecule has 0 bridgehead atoms. The lowest BCUT2D eigenvalue weighted by molar-refractivity contribution is -0.137. The van der Waals surface area contributed by atoms with Gasteiger partial charge in [0.15, 0.2) is 0 Å². The second kappa shape index (κ2) is 8.50. The van der Waals surface area contributed by atoms with Crippen LogP contribution in [0.2, 0.25) is 0 Å². The molecule has 1 rings (SSSR count). The van der Waals surface area contributed by atoms with Crippen LogP contribution in [0.25, 0.3) is 0 Å². The highest BCUT2D eigenvalue weighted by Crippen LogP contribution is 2.12. The van der Waals surface area contributed by atoms with E-state index in [4.69, 9.17) is 5.11 Å². The summed E-state index contributed by atoms with van der Waals surface area (Å²) in [7, 11) is -3.30. The zero-order valence-corrected chi connectivity index (χ0v) is 12.1. The average Bonchev–Trinajstić information content (AvgIpc) is 2.38. The number of unbranched alkanes of at least 4 members (excludes halogenated alkanes) is 3. The number of nitrogens with one attached hydrogen (secondary N) is 1. The van der Waals surface area contributed by atoms with Gasteiger partial charge in [0.1, 0.15) is 0 Å². The molecule has 19 heavy (non-hydrogen) atoms. The molecule has 0 spiro atoms. The molecule has 6 nitrogen and oxygen atoms in total. The summed E-state index contributed by atoms with van der Waals surface area (Å²) in [4.78, 5) is 10.3. The fourth-order valence-electron chi connectivity index (χ4n) is 2.15. The van der Waals surface area contributed by atoms with Crippen LogP contribution in [0.15, 0.2) is 0 Å². The minimum atomic E-state index is -3.30. The van der Waals surface area contributed by atoms with Crippen LogP contribution in [0, 0.1) is 0 Å². The Labute approximate surface area is 115 Å². The normalized spacial score (nSPS) is 17.5. The van der Waals surface area contributed by atoms with Crippen LogP contribution in [-0.4, -0.2) is 43.4 Å². The third kappa shape index (κ3) is 6.89. The molecule has 1 aliphatic heterocycles. The van der Waals surface area contributed by atoms with Crippen LogP contribution in [0.5, 0.6) is 0 Å². The smallest absolute Gasteiger partial charge is 0.303 e. The van der Waals surface area contributed by atoms with Gasteiger partial charge in [0, 0.05) is 26.1 Å². The van der Waals surface area contributed by atoms with Crippen molar-refractivity contribution in [3.63, 3.8) is 0 Å². The van der Waals surface area contributed by atoms with E-state index >= 15 is 0 Å². The Morgan fingerprint density at radius 2 is 1.68 bits per heavy atom. The van der Waals surface area contributed by atoms with Crippen molar-refractivity contribution < 1.29 is 18.3 Å². The Balaban J connectivity index is 2.09. The zero-order chi connectivity index (χ0) is 14.1. The summed E-state index contributed by atoms with van der Waals surface area (Å²) in [6.45, 7) is 1.67. The molecular formula is C12H24N2O4S. The molecule has 1 fully saturated rings. The SMILES string of the molecule is O=C(O)CCCCCCNS(=O)(=O)N1CCCCC1. The molecule has 0 aliphatic carbocycles. The van der Waals surface area contributed by atoms with Crippen LogP contribution in [0.3, 0.4) is 0 Å². The maximum atomic E-state index is 11.9. The van der Waals surface area contributed by atoms with Crippen molar-refractivity contribution in [2.75, 3.05) is 19.6 Å². The van der Waals surface area contributed by atoms with E-state index in [-0.39, 0.29) is 6.42 Å². The summed E-state index contributed by atoms with van der Waals surface area (Å²) in [6, 6.07) is 0. The molecule has 112 valence electrons. The van der Waals surface area contributed by atoms with Gasteiger partial charge in [-0.05, 0) is 25.7 Å². The van der Waals surface area contributed by atoms with Gasteiger partial charge in [0.25, 0.3) is 10.2 Å². The Morgan fingerprint density at radius 3 is 2.32 bits per heavy atom. The van der Waals surface area contributed by atoms with Crippen LogP contribution in [-0.2, 0) is 15.0 Å². The molecule has 7 heteroatoms. The third-order valence-corrected chi connectivity index (χ3v) is 4.87. The molecule has 0 radical (unpaired) electrons. The van der Waals surface area contributed by atoms with E-state index in [0.29, 0.717) is 26.1 Å². The van der Waals surface area contributed by atoms with Crippen molar-refractivity contribution >= 4 is 16.2 Å². The Bertz CT molecular complexity index is 364. The molecule has 0 atom stereocenters. The van der Waals surface area contributed by atoms with E-state index in [9.17, 15) is 13.2 Å². The second-order valence-electron chi connectivity index (χ2n) is 4.92. The summed E-state index contributed by atoms with van der Waals surface area (Å²) in [5.74, 6) is -0.772. The van der Waals surface area contributed by atoms with Gasteiger partial charge < -0.3 is 5.11 Å². The van der Waals surface area contributed by atoms with E-state index in [1.165, 1.54) is 4.31 Å². The van der Waals surface area contributed by atoms with Gasteiger partial charge in [-0.25, -0.2) is 4.72 Å². The number of nitrogens with zero attached hydrogens (tertiary/aromatic N) is 1. The lowest BCUT2D eigenvalue weighted by Gasteiger charge is -2.25. The number of aliphatic carboxylic acids is 1. The summed E-state index contributed by atoms with van der Waals surface area (Å²) in [6.07, 6.45) is 6.29. The third-order valence-electron chi connectivity index (χ3n) is 3.26. The minimum absolute atomic E-state index is 0.194. The first-order valence-corrected chi connectivity index (χ1v) is 8.43. The standard InChI is InChI=1S/C12H24N2O4S/c15-12(16)8-4-1-2-5-9-13-19(17,18)14-10-6-3-7-11-14/h13H,1-11H2,(H,15,16). The average molecular weight is 292 g/mol. The first-order valence-electron chi connectivity index (χ1n) is 6.99. The van der Waals surface area contributed by atoms with Crippen molar-refractivity contribution in [3.05, 3.63) is 0 Å². The van der Waals surface area contributed by atoms with Crippen molar-refractivity contribution in [3.8, 4) is 0 Å². The van der Waals surface area contributed by atoms with E-state index < -0.39 is 16.2 Å². The van der Waals surface area contributed by atoms with Gasteiger partial charge in [-0.2, -0.15) is 12.7 Å². The minimum Gasteiger partial charge on any atom is -0.481 e. The van der Waals surface area contributed by atoms with E-state index in [0.717, 1.165) is 38.5 Å². The number of hydrogen-bond acceptors (Lipinski definition) is 3. The molecule has 1 aliphatic rings. The van der Waals surface area contributed by atoms with Gasteiger partial charge in [0.05, 0.1) is 0 Å². The van der Waals surface area contributed by atoms with Crippen molar-refractivity contribution in [2.24, 2.45) is 0 Å². The van der Waals surface area contributed by atoms with Crippen LogP contribution in [0.1, 0.15) is 51.4 Å². The maximum Gasteiger partial charge on any atom is 0.303 e. The number of carboxylic acids is 1. The van der Waals surface area contributed by atoms with Gasteiger partial charge in [-0.15, -0.1) is 0 Å². The second-order valence-corrected chi connectivity index (χ2v) is 6.67. The fourth-order valence-corrected chi connectivity index (χ4v) is 3.48. The predicted molar refractivity (Wildman–Crippen MR) is 73.1 cm³/mol. The maximum absolute atomic E-state index is 11.9. The first-order chi connectivity index (χ1) is 9.02. The summed E-state index contributed by atoms with van der Waals surface area (Å²) < 4.78 is 27.9. The van der Waals surface area contributed by atoms with Crippen molar-refractivity contribution in [2.45, 2.75) is 51.4 Å². The topological polar surface area (TPSA) is 86.7 Å². The number of piperidine rings is 1. The number of hydrogen-bond donors (Lipinski definition) is 2. The summed E-state index contributed by atoms with van der Waals surface area (Å²) >= 11 is 0. The monoisotopic (exact) mass is 292 g/mol. The molecule has 1 heterocycles. The summed E-state index contributed by atoms with van der Waals surface area (Å²) in [5.41, 5.74) is 0. The Kier molecular flexibility index (Phi) is 7.33. The molecule has 0 aromatic carbocycles.